The average Bonchev–Trinajstić information content (AvgIpc) is 2.88. The van der Waals surface area contributed by atoms with Gasteiger partial charge in [-0.2, -0.15) is 5.10 Å². The van der Waals surface area contributed by atoms with Crippen molar-refractivity contribution in [3.8, 4) is 17.2 Å². The number of methoxy groups -OCH3 is 2. The molecule has 0 bridgehead atoms. The number of carbonyl (C=O) groups excluding carboxylic acids is 3. The Bertz CT molecular complexity index is 1240. The molecule has 3 rings (SSSR count). The molecule has 0 unspecified atom stereocenters. The molecular formula is C25H22ClN3O6. The molecule has 3 aromatic rings. The summed E-state index contributed by atoms with van der Waals surface area (Å²) < 4.78 is 15.7. The molecule has 0 fully saturated rings. The van der Waals surface area contributed by atoms with E-state index >= 15 is 0 Å². The predicted molar refractivity (Wildman–Crippen MR) is 130 cm³/mol. The molecule has 0 saturated carbocycles. The highest BCUT2D eigenvalue weighted by Crippen LogP contribution is 2.29. The molecule has 9 nitrogen and oxygen atoms in total. The van der Waals surface area contributed by atoms with Crippen LogP contribution in [0.4, 0.5) is 0 Å². The first-order chi connectivity index (χ1) is 16.9. The molecular weight excluding hydrogens is 474 g/mol. The van der Waals surface area contributed by atoms with E-state index in [0.29, 0.717) is 16.9 Å². The van der Waals surface area contributed by atoms with Gasteiger partial charge >= 0.3 is 5.97 Å². The van der Waals surface area contributed by atoms with Crippen molar-refractivity contribution in [2.45, 2.75) is 0 Å². The quantitative estimate of drug-likeness (QED) is 0.203. The van der Waals surface area contributed by atoms with Crippen LogP contribution in [0.25, 0.3) is 0 Å². The molecule has 0 saturated heterocycles. The maximum absolute atomic E-state index is 12.4. The number of hydrogen-bond donors (Lipinski definition) is 2. The van der Waals surface area contributed by atoms with Crippen molar-refractivity contribution < 1.29 is 28.6 Å². The minimum atomic E-state index is -0.626. The van der Waals surface area contributed by atoms with E-state index in [-0.39, 0.29) is 28.6 Å². The Balaban J connectivity index is 1.53. The van der Waals surface area contributed by atoms with Crippen molar-refractivity contribution in [3.05, 3.63) is 88.4 Å². The summed E-state index contributed by atoms with van der Waals surface area (Å²) in [4.78, 5) is 36.5. The van der Waals surface area contributed by atoms with Gasteiger partial charge in [-0.15, -0.1) is 0 Å². The Morgan fingerprint density at radius 3 is 2.37 bits per heavy atom. The molecule has 0 spiro atoms. The van der Waals surface area contributed by atoms with Crippen LogP contribution in [0.1, 0.15) is 26.3 Å². The van der Waals surface area contributed by atoms with Gasteiger partial charge in [0, 0.05) is 5.56 Å². The van der Waals surface area contributed by atoms with Crippen molar-refractivity contribution in [2.24, 2.45) is 5.10 Å². The summed E-state index contributed by atoms with van der Waals surface area (Å²) in [5.41, 5.74) is 3.51. The van der Waals surface area contributed by atoms with Crippen molar-refractivity contribution in [3.63, 3.8) is 0 Å². The van der Waals surface area contributed by atoms with E-state index in [1.807, 2.05) is 0 Å². The number of nitrogens with one attached hydrogen (secondary N) is 2. The standard InChI is InChI=1S/C25H22ClN3O6/c1-33-18-10-8-17(9-11-18)24(31)27-15-23(30)29-28-14-16-7-12-21(22(13-16)34-2)35-25(32)19-5-3-4-6-20(19)26/h3-14H,15H2,1-2H3,(H,27,31)(H,29,30)/b28-14+. The summed E-state index contributed by atoms with van der Waals surface area (Å²) in [7, 11) is 2.96. The summed E-state index contributed by atoms with van der Waals surface area (Å²) in [5.74, 6) is -0.442. The van der Waals surface area contributed by atoms with Gasteiger partial charge in [-0.3, -0.25) is 9.59 Å². The maximum atomic E-state index is 12.4. The van der Waals surface area contributed by atoms with Gasteiger partial charge in [0.05, 0.1) is 37.6 Å². The molecule has 0 radical (unpaired) electrons. The van der Waals surface area contributed by atoms with Gasteiger partial charge in [0.15, 0.2) is 11.5 Å². The minimum Gasteiger partial charge on any atom is -0.497 e. The van der Waals surface area contributed by atoms with Gasteiger partial charge in [0.2, 0.25) is 0 Å². The molecule has 0 aliphatic heterocycles. The van der Waals surface area contributed by atoms with Gasteiger partial charge in [0.25, 0.3) is 11.8 Å². The van der Waals surface area contributed by atoms with Crippen LogP contribution in [0, 0.1) is 0 Å². The molecule has 35 heavy (non-hydrogen) atoms. The predicted octanol–water partition coefficient (Wildman–Crippen LogP) is 3.46. The van der Waals surface area contributed by atoms with Gasteiger partial charge in [-0.05, 0) is 60.2 Å². The van der Waals surface area contributed by atoms with Gasteiger partial charge in [-0.25, -0.2) is 10.2 Å². The third-order valence-electron chi connectivity index (χ3n) is 4.65. The second-order valence-electron chi connectivity index (χ2n) is 6.98. The minimum absolute atomic E-state index is 0.194. The molecule has 0 aliphatic carbocycles. The van der Waals surface area contributed by atoms with E-state index in [1.165, 1.54) is 26.5 Å². The largest absolute Gasteiger partial charge is 0.497 e. The first-order valence-corrected chi connectivity index (χ1v) is 10.7. The molecule has 0 heterocycles. The van der Waals surface area contributed by atoms with Crippen LogP contribution in [-0.2, 0) is 4.79 Å². The Morgan fingerprint density at radius 1 is 0.943 bits per heavy atom. The number of hydrogen-bond acceptors (Lipinski definition) is 7. The Kier molecular flexibility index (Phi) is 8.80. The lowest BCUT2D eigenvalue weighted by Crippen LogP contribution is -2.34. The topological polar surface area (TPSA) is 115 Å². The van der Waals surface area contributed by atoms with Gasteiger partial charge in [0.1, 0.15) is 5.75 Å². The molecule has 3 aromatic carbocycles. The molecule has 180 valence electrons. The highest BCUT2D eigenvalue weighted by molar-refractivity contribution is 6.33. The summed E-state index contributed by atoms with van der Waals surface area (Å²) in [6.07, 6.45) is 1.38. The van der Waals surface area contributed by atoms with E-state index in [2.05, 4.69) is 15.8 Å². The Hall–Kier alpha value is -4.37. The fourth-order valence-corrected chi connectivity index (χ4v) is 3.07. The van der Waals surface area contributed by atoms with Crippen molar-refractivity contribution in [1.82, 2.24) is 10.7 Å². The molecule has 2 N–H and O–H groups in total. The van der Waals surface area contributed by atoms with Crippen LogP contribution in [0.5, 0.6) is 17.2 Å². The highest BCUT2D eigenvalue weighted by Gasteiger charge is 2.15. The molecule has 0 aromatic heterocycles. The van der Waals surface area contributed by atoms with Crippen molar-refractivity contribution in [1.29, 1.82) is 0 Å². The Labute approximate surface area is 206 Å². The number of nitrogens with zero attached hydrogens (tertiary/aromatic N) is 1. The van der Waals surface area contributed by atoms with Gasteiger partial charge < -0.3 is 19.5 Å². The number of benzene rings is 3. The van der Waals surface area contributed by atoms with Crippen molar-refractivity contribution >= 4 is 35.6 Å². The summed E-state index contributed by atoms with van der Waals surface area (Å²) in [5, 5.41) is 6.64. The molecule has 10 heteroatoms. The van der Waals surface area contributed by atoms with E-state index in [0.717, 1.165) is 0 Å². The lowest BCUT2D eigenvalue weighted by atomic mass is 10.2. The first kappa shape index (κ1) is 25.3. The van der Waals surface area contributed by atoms with E-state index in [9.17, 15) is 14.4 Å². The summed E-state index contributed by atoms with van der Waals surface area (Å²) in [6, 6.07) is 17.8. The lowest BCUT2D eigenvalue weighted by Gasteiger charge is -2.10. The number of hydrazone groups is 1. The highest BCUT2D eigenvalue weighted by atomic mass is 35.5. The number of ether oxygens (including phenoxy) is 3. The van der Waals surface area contributed by atoms with Crippen LogP contribution in [-0.4, -0.2) is 44.8 Å². The van der Waals surface area contributed by atoms with E-state index in [1.54, 1.807) is 60.7 Å². The van der Waals surface area contributed by atoms with Crippen LogP contribution >= 0.6 is 11.6 Å². The third-order valence-corrected chi connectivity index (χ3v) is 4.98. The average molecular weight is 496 g/mol. The zero-order valence-electron chi connectivity index (χ0n) is 18.9. The number of rotatable bonds is 9. The Morgan fingerprint density at radius 2 is 1.69 bits per heavy atom. The van der Waals surface area contributed by atoms with Crippen LogP contribution in [0.15, 0.2) is 71.8 Å². The smallest absolute Gasteiger partial charge is 0.345 e. The SMILES string of the molecule is COc1ccc(C(=O)NCC(=O)N/N=C/c2ccc(OC(=O)c3ccccc3Cl)c(OC)c2)cc1. The van der Waals surface area contributed by atoms with Crippen LogP contribution in [0.2, 0.25) is 5.02 Å². The number of carbonyl (C=O) groups is 3. The van der Waals surface area contributed by atoms with Gasteiger partial charge in [-0.1, -0.05) is 23.7 Å². The zero-order valence-corrected chi connectivity index (χ0v) is 19.7. The second-order valence-corrected chi connectivity index (χ2v) is 7.39. The van der Waals surface area contributed by atoms with Crippen molar-refractivity contribution in [2.75, 3.05) is 20.8 Å². The maximum Gasteiger partial charge on any atom is 0.345 e. The summed E-state index contributed by atoms with van der Waals surface area (Å²) >= 11 is 6.04. The van der Waals surface area contributed by atoms with Crippen LogP contribution < -0.4 is 25.0 Å². The number of amides is 2. The van der Waals surface area contributed by atoms with E-state index < -0.39 is 17.8 Å². The fourth-order valence-electron chi connectivity index (χ4n) is 2.85. The number of halogens is 1. The summed E-state index contributed by atoms with van der Waals surface area (Å²) in [6.45, 7) is -0.261. The molecule has 2 amide bonds. The molecule has 0 atom stereocenters. The van der Waals surface area contributed by atoms with E-state index in [4.69, 9.17) is 25.8 Å². The zero-order chi connectivity index (χ0) is 25.2. The van der Waals surface area contributed by atoms with Crippen LogP contribution in [0.3, 0.4) is 0 Å². The normalized spacial score (nSPS) is 10.5. The monoisotopic (exact) mass is 495 g/mol. The third kappa shape index (κ3) is 7.05. The fraction of sp³-hybridized carbons (Fsp3) is 0.120. The number of esters is 1. The lowest BCUT2D eigenvalue weighted by molar-refractivity contribution is -0.120. The first-order valence-electron chi connectivity index (χ1n) is 10.3. The second kappa shape index (κ2) is 12.2. The molecule has 0 aliphatic rings.